The minimum absolute atomic E-state index is 0.157. The molecule has 3 aromatic rings. The summed E-state index contributed by atoms with van der Waals surface area (Å²) in [5.74, 6) is -2.96. The maximum Gasteiger partial charge on any atom is 0.416 e. The number of amides is 1. The van der Waals surface area contributed by atoms with E-state index in [9.17, 15) is 31.5 Å². The Morgan fingerprint density at radius 2 is 1.56 bits per heavy atom. The fourth-order valence-corrected chi connectivity index (χ4v) is 3.23. The van der Waals surface area contributed by atoms with Crippen molar-refractivity contribution in [2.45, 2.75) is 25.9 Å². The zero-order valence-corrected chi connectivity index (χ0v) is 16.9. The zero-order chi connectivity index (χ0) is 23.5. The summed E-state index contributed by atoms with van der Waals surface area (Å²) in [6, 6.07) is 12.2. The van der Waals surface area contributed by atoms with Crippen molar-refractivity contribution >= 4 is 17.4 Å². The highest BCUT2D eigenvalue weighted by atomic mass is 19.4. The average Bonchev–Trinajstić information content (AvgIpc) is 2.71. The molecule has 0 aliphatic carbocycles. The molecule has 32 heavy (non-hydrogen) atoms. The lowest BCUT2D eigenvalue weighted by atomic mass is 9.98. The Bertz CT molecular complexity index is 1170. The number of benzene rings is 3. The molecule has 3 aromatic carbocycles. The molecular formula is C24H18F5NO2. The number of aryl methyl sites for hydroxylation is 1. The van der Waals surface area contributed by atoms with Gasteiger partial charge in [0.25, 0.3) is 5.91 Å². The van der Waals surface area contributed by atoms with E-state index in [-0.39, 0.29) is 23.2 Å². The van der Waals surface area contributed by atoms with Crippen molar-refractivity contribution in [2.24, 2.45) is 0 Å². The van der Waals surface area contributed by atoms with Crippen LogP contribution in [0.2, 0.25) is 0 Å². The maximum absolute atomic E-state index is 14.2. The van der Waals surface area contributed by atoms with Crippen LogP contribution in [0.3, 0.4) is 0 Å². The molecule has 1 N–H and O–H groups in total. The maximum atomic E-state index is 14.2. The lowest BCUT2D eigenvalue weighted by molar-refractivity contribution is -0.138. The molecule has 0 saturated heterocycles. The Morgan fingerprint density at radius 3 is 2.28 bits per heavy atom. The number of nitrogens with one attached hydrogen (secondary N) is 1. The van der Waals surface area contributed by atoms with Crippen LogP contribution >= 0.6 is 0 Å². The highest BCUT2D eigenvalue weighted by Crippen LogP contribution is 2.32. The van der Waals surface area contributed by atoms with Gasteiger partial charge in [0.1, 0.15) is 17.4 Å². The number of hydrogen-bond acceptors (Lipinski definition) is 2. The van der Waals surface area contributed by atoms with E-state index in [1.807, 2.05) is 0 Å². The Hall–Kier alpha value is -3.55. The monoisotopic (exact) mass is 447 g/mol. The molecule has 0 spiro atoms. The van der Waals surface area contributed by atoms with Gasteiger partial charge >= 0.3 is 6.18 Å². The van der Waals surface area contributed by atoms with Crippen LogP contribution in [-0.4, -0.2) is 11.7 Å². The third-order valence-corrected chi connectivity index (χ3v) is 4.76. The first-order chi connectivity index (χ1) is 15.0. The number of carbonyl (C=O) groups is 2. The van der Waals surface area contributed by atoms with Crippen molar-refractivity contribution in [1.82, 2.24) is 0 Å². The fraction of sp³-hybridized carbons (Fsp3) is 0.167. The smallest absolute Gasteiger partial charge is 0.319 e. The summed E-state index contributed by atoms with van der Waals surface area (Å²) in [5, 5.41) is 2.27. The van der Waals surface area contributed by atoms with Crippen molar-refractivity contribution in [3.05, 3.63) is 100 Å². The molecule has 0 aliphatic heterocycles. The summed E-state index contributed by atoms with van der Waals surface area (Å²) in [6.45, 7) is 1.67. The summed E-state index contributed by atoms with van der Waals surface area (Å²) >= 11 is 0. The molecule has 0 bridgehead atoms. The fourth-order valence-electron chi connectivity index (χ4n) is 3.23. The number of carbonyl (C=O) groups excluding carboxylic acids is 2. The standard InChI is InChI=1S/C24H18F5NO2/c1-14-6-8-20(25)18(10-14)23(32)30-22-12-15(7-9-21(22)26)11-17(31)13-16-4-2-3-5-19(16)24(27,28)29/h2-10,12H,11,13H2,1H3,(H,30,32). The zero-order valence-electron chi connectivity index (χ0n) is 16.9. The van der Waals surface area contributed by atoms with Gasteiger partial charge < -0.3 is 5.32 Å². The van der Waals surface area contributed by atoms with Gasteiger partial charge in [0, 0.05) is 12.8 Å². The van der Waals surface area contributed by atoms with Crippen molar-refractivity contribution in [3.63, 3.8) is 0 Å². The quantitative estimate of drug-likeness (QED) is 0.479. The van der Waals surface area contributed by atoms with Crippen molar-refractivity contribution in [3.8, 4) is 0 Å². The molecule has 0 fully saturated rings. The van der Waals surface area contributed by atoms with Crippen molar-refractivity contribution in [1.29, 1.82) is 0 Å². The molecule has 3 rings (SSSR count). The molecule has 1 amide bonds. The van der Waals surface area contributed by atoms with Gasteiger partial charge in [-0.25, -0.2) is 8.78 Å². The summed E-state index contributed by atoms with van der Waals surface area (Å²) in [6.07, 6.45) is -5.31. The SMILES string of the molecule is Cc1ccc(F)c(C(=O)Nc2cc(CC(=O)Cc3ccccc3C(F)(F)F)ccc2F)c1. The number of anilines is 1. The normalized spacial score (nSPS) is 11.3. The molecule has 0 heterocycles. The van der Waals surface area contributed by atoms with Gasteiger partial charge in [-0.1, -0.05) is 35.9 Å². The molecule has 166 valence electrons. The minimum atomic E-state index is -4.59. The van der Waals surface area contributed by atoms with Crippen LogP contribution in [0.15, 0.2) is 60.7 Å². The minimum Gasteiger partial charge on any atom is -0.319 e. The van der Waals surface area contributed by atoms with E-state index in [0.29, 0.717) is 11.1 Å². The third kappa shape index (κ3) is 5.57. The molecule has 0 unspecified atom stereocenters. The van der Waals surface area contributed by atoms with Gasteiger partial charge in [0.15, 0.2) is 0 Å². The Kier molecular flexibility index (Phi) is 6.72. The van der Waals surface area contributed by atoms with E-state index in [4.69, 9.17) is 0 Å². The molecule has 0 aliphatic rings. The lowest BCUT2D eigenvalue weighted by Gasteiger charge is -2.12. The number of Topliss-reactive ketones (excluding diaryl/α,β-unsaturated/α-hetero) is 1. The first-order valence-corrected chi connectivity index (χ1v) is 9.57. The van der Waals surface area contributed by atoms with E-state index in [0.717, 1.165) is 18.2 Å². The molecule has 0 radical (unpaired) electrons. The molecule has 8 heteroatoms. The average molecular weight is 447 g/mol. The van der Waals surface area contributed by atoms with Gasteiger partial charge in [-0.05, 0) is 48.4 Å². The van der Waals surface area contributed by atoms with Gasteiger partial charge in [-0.15, -0.1) is 0 Å². The van der Waals surface area contributed by atoms with Crippen LogP contribution < -0.4 is 5.32 Å². The largest absolute Gasteiger partial charge is 0.416 e. The van der Waals surface area contributed by atoms with Crippen LogP contribution in [0, 0.1) is 18.6 Å². The van der Waals surface area contributed by atoms with Gasteiger partial charge in [-0.2, -0.15) is 13.2 Å². The molecule has 0 saturated carbocycles. The lowest BCUT2D eigenvalue weighted by Crippen LogP contribution is -2.16. The van der Waals surface area contributed by atoms with Crippen molar-refractivity contribution in [2.75, 3.05) is 5.32 Å². The third-order valence-electron chi connectivity index (χ3n) is 4.76. The molecule has 0 aromatic heterocycles. The van der Waals surface area contributed by atoms with E-state index in [1.165, 1.54) is 42.5 Å². The number of ketones is 1. The van der Waals surface area contributed by atoms with Crippen LogP contribution in [0.4, 0.5) is 27.6 Å². The Morgan fingerprint density at radius 1 is 0.875 bits per heavy atom. The van der Waals surface area contributed by atoms with E-state index in [1.54, 1.807) is 6.92 Å². The van der Waals surface area contributed by atoms with Crippen LogP contribution in [0.5, 0.6) is 0 Å². The molecular weight excluding hydrogens is 429 g/mol. The predicted octanol–water partition coefficient (Wildman–Crippen LogP) is 5.90. The summed E-state index contributed by atoms with van der Waals surface area (Å²) < 4.78 is 67.4. The first kappa shape index (κ1) is 23.1. The van der Waals surface area contributed by atoms with Gasteiger partial charge in [-0.3, -0.25) is 9.59 Å². The van der Waals surface area contributed by atoms with E-state index >= 15 is 0 Å². The molecule has 0 atom stereocenters. The van der Waals surface area contributed by atoms with Gasteiger partial charge in [0.05, 0.1) is 16.8 Å². The number of rotatable bonds is 6. The van der Waals surface area contributed by atoms with Crippen LogP contribution in [0.25, 0.3) is 0 Å². The van der Waals surface area contributed by atoms with Gasteiger partial charge in [0.2, 0.25) is 0 Å². The highest BCUT2D eigenvalue weighted by molar-refractivity contribution is 6.04. The Labute approximate surface area is 180 Å². The first-order valence-electron chi connectivity index (χ1n) is 9.57. The summed E-state index contributed by atoms with van der Waals surface area (Å²) in [5.41, 5.74) is -0.654. The Balaban J connectivity index is 1.76. The van der Waals surface area contributed by atoms with Crippen molar-refractivity contribution < 1.29 is 31.5 Å². The second-order valence-corrected chi connectivity index (χ2v) is 7.30. The molecule has 3 nitrogen and oxygen atoms in total. The number of alkyl halides is 3. The number of hydrogen-bond donors (Lipinski definition) is 1. The van der Waals surface area contributed by atoms with E-state index in [2.05, 4.69) is 5.32 Å². The van der Waals surface area contributed by atoms with Crippen LogP contribution in [-0.2, 0) is 23.8 Å². The predicted molar refractivity (Wildman–Crippen MR) is 109 cm³/mol. The highest BCUT2D eigenvalue weighted by Gasteiger charge is 2.33. The van der Waals surface area contributed by atoms with Crippen LogP contribution in [0.1, 0.15) is 32.6 Å². The van der Waals surface area contributed by atoms with E-state index < -0.39 is 41.5 Å². The second kappa shape index (κ2) is 9.30. The summed E-state index contributed by atoms with van der Waals surface area (Å²) in [7, 11) is 0. The second-order valence-electron chi connectivity index (χ2n) is 7.30. The topological polar surface area (TPSA) is 46.2 Å². The number of halogens is 5. The summed E-state index contributed by atoms with van der Waals surface area (Å²) in [4.78, 5) is 24.7.